The lowest BCUT2D eigenvalue weighted by Crippen LogP contribution is -2.31. The minimum atomic E-state index is 0.259. The quantitative estimate of drug-likeness (QED) is 0.788. The molecule has 0 spiro atoms. The highest BCUT2D eigenvalue weighted by Gasteiger charge is 2.19. The molecule has 0 amide bonds. The van der Waals surface area contributed by atoms with Crippen molar-refractivity contribution in [3.05, 3.63) is 28.8 Å². The average Bonchev–Trinajstić information content (AvgIpc) is 2.63. The number of hydrogen-bond acceptors (Lipinski definition) is 3. The molecule has 1 aliphatic heterocycles. The second kappa shape index (κ2) is 6.21. The minimum absolute atomic E-state index is 0.259. The van der Waals surface area contributed by atoms with Crippen LogP contribution < -0.4 is 4.90 Å². The molecule has 98 valence electrons. The van der Waals surface area contributed by atoms with Crippen LogP contribution in [-0.2, 0) is 4.74 Å². The normalized spacial score (nSPS) is 20.6. The van der Waals surface area contributed by atoms with E-state index < -0.39 is 0 Å². The third kappa shape index (κ3) is 3.03. The Labute approximate surface area is 113 Å². The van der Waals surface area contributed by atoms with E-state index in [9.17, 15) is 4.79 Å². The summed E-state index contributed by atoms with van der Waals surface area (Å²) in [6.45, 7) is 4.73. The highest BCUT2D eigenvalue weighted by molar-refractivity contribution is 6.33. The van der Waals surface area contributed by atoms with Crippen LogP contribution in [0.1, 0.15) is 30.1 Å². The highest BCUT2D eigenvalue weighted by atomic mass is 35.5. The van der Waals surface area contributed by atoms with Crippen LogP contribution in [0.15, 0.2) is 18.2 Å². The number of nitrogens with zero attached hydrogens (tertiary/aromatic N) is 1. The predicted octanol–water partition coefficient (Wildman–Crippen LogP) is 3.16. The summed E-state index contributed by atoms with van der Waals surface area (Å²) in [6.07, 6.45) is 3.08. The summed E-state index contributed by atoms with van der Waals surface area (Å²) in [5.74, 6) is 0. The van der Waals surface area contributed by atoms with Crippen molar-refractivity contribution in [3.8, 4) is 0 Å². The van der Waals surface area contributed by atoms with E-state index >= 15 is 0 Å². The molecule has 1 aromatic rings. The van der Waals surface area contributed by atoms with E-state index in [4.69, 9.17) is 16.3 Å². The summed E-state index contributed by atoms with van der Waals surface area (Å²) >= 11 is 6.24. The molecule has 0 saturated carbocycles. The first-order chi connectivity index (χ1) is 8.74. The molecule has 1 atom stereocenters. The number of benzene rings is 1. The number of anilines is 1. The van der Waals surface area contributed by atoms with Gasteiger partial charge in [-0.25, -0.2) is 0 Å². The van der Waals surface area contributed by atoms with Crippen LogP contribution in [0.2, 0.25) is 5.02 Å². The molecule has 0 aromatic heterocycles. The molecule has 1 saturated heterocycles. The average molecular weight is 268 g/mol. The summed E-state index contributed by atoms with van der Waals surface area (Å²) in [7, 11) is 0. The molecular weight excluding hydrogens is 250 g/mol. The lowest BCUT2D eigenvalue weighted by Gasteiger charge is -2.26. The molecule has 2 rings (SSSR count). The first-order valence-electron chi connectivity index (χ1n) is 6.36. The van der Waals surface area contributed by atoms with Gasteiger partial charge in [0.25, 0.3) is 0 Å². The second-order valence-corrected chi connectivity index (χ2v) is 4.94. The molecule has 1 aliphatic rings. The van der Waals surface area contributed by atoms with E-state index in [0.29, 0.717) is 10.6 Å². The Morgan fingerprint density at radius 2 is 2.39 bits per heavy atom. The molecule has 0 aliphatic carbocycles. The predicted molar refractivity (Wildman–Crippen MR) is 73.7 cm³/mol. The molecule has 1 aromatic carbocycles. The molecule has 1 unspecified atom stereocenters. The van der Waals surface area contributed by atoms with Gasteiger partial charge in [-0.15, -0.1) is 0 Å². The van der Waals surface area contributed by atoms with E-state index in [1.807, 2.05) is 6.07 Å². The fourth-order valence-corrected chi connectivity index (χ4v) is 2.52. The number of carbonyl (C=O) groups excluding carboxylic acids is 1. The third-order valence-corrected chi connectivity index (χ3v) is 3.56. The van der Waals surface area contributed by atoms with Crippen molar-refractivity contribution in [2.75, 3.05) is 24.6 Å². The van der Waals surface area contributed by atoms with Gasteiger partial charge in [-0.2, -0.15) is 0 Å². The maximum Gasteiger partial charge on any atom is 0.150 e. The zero-order valence-corrected chi connectivity index (χ0v) is 11.3. The Morgan fingerprint density at radius 1 is 1.56 bits per heavy atom. The van der Waals surface area contributed by atoms with Gasteiger partial charge >= 0.3 is 0 Å². The fraction of sp³-hybridized carbons (Fsp3) is 0.500. The molecule has 18 heavy (non-hydrogen) atoms. The van der Waals surface area contributed by atoms with Crippen LogP contribution >= 0.6 is 11.6 Å². The molecule has 4 heteroatoms. The maximum absolute atomic E-state index is 10.7. The number of halogens is 1. The summed E-state index contributed by atoms with van der Waals surface area (Å²) < 4.78 is 5.75. The standard InChI is InChI=1S/C14H18ClNO2/c1-2-12-9-16(6-3-7-18-12)14-5-4-11(10-17)8-13(14)15/h4-5,8,10,12H,2-3,6-7,9H2,1H3. The molecule has 0 N–H and O–H groups in total. The zero-order valence-electron chi connectivity index (χ0n) is 10.6. The Morgan fingerprint density at radius 3 is 3.06 bits per heavy atom. The van der Waals surface area contributed by atoms with Gasteiger partial charge in [-0.3, -0.25) is 4.79 Å². The molecular formula is C14H18ClNO2. The Hall–Kier alpha value is -1.06. The molecule has 0 radical (unpaired) electrons. The van der Waals surface area contributed by atoms with Gasteiger partial charge < -0.3 is 9.64 Å². The van der Waals surface area contributed by atoms with E-state index in [-0.39, 0.29) is 6.10 Å². The van der Waals surface area contributed by atoms with Gasteiger partial charge in [0.1, 0.15) is 6.29 Å². The first kappa shape index (κ1) is 13.4. The van der Waals surface area contributed by atoms with Crippen LogP contribution in [0.4, 0.5) is 5.69 Å². The van der Waals surface area contributed by atoms with E-state index in [1.165, 1.54) is 0 Å². The van der Waals surface area contributed by atoms with Crippen LogP contribution in [-0.4, -0.2) is 32.1 Å². The lowest BCUT2D eigenvalue weighted by molar-refractivity contribution is 0.0664. The van der Waals surface area contributed by atoms with E-state index in [0.717, 1.165) is 44.5 Å². The van der Waals surface area contributed by atoms with Crippen molar-refractivity contribution < 1.29 is 9.53 Å². The number of aldehydes is 1. The number of rotatable bonds is 3. The summed E-state index contributed by atoms with van der Waals surface area (Å²) in [5, 5.41) is 0.636. The minimum Gasteiger partial charge on any atom is -0.376 e. The van der Waals surface area contributed by atoms with Crippen LogP contribution in [0.3, 0.4) is 0 Å². The summed E-state index contributed by atoms with van der Waals surface area (Å²) in [6, 6.07) is 5.45. The van der Waals surface area contributed by atoms with Crippen molar-refractivity contribution in [2.45, 2.75) is 25.9 Å². The first-order valence-corrected chi connectivity index (χ1v) is 6.73. The van der Waals surface area contributed by atoms with Crippen LogP contribution in [0, 0.1) is 0 Å². The molecule has 1 heterocycles. The second-order valence-electron chi connectivity index (χ2n) is 4.53. The molecule has 0 bridgehead atoms. The van der Waals surface area contributed by atoms with Gasteiger partial charge in [-0.1, -0.05) is 18.5 Å². The Bertz CT molecular complexity index is 422. The van der Waals surface area contributed by atoms with Gasteiger partial charge in [-0.05, 0) is 31.0 Å². The lowest BCUT2D eigenvalue weighted by atomic mass is 10.2. The largest absolute Gasteiger partial charge is 0.376 e. The smallest absolute Gasteiger partial charge is 0.150 e. The topological polar surface area (TPSA) is 29.5 Å². The van der Waals surface area contributed by atoms with Gasteiger partial charge in [0.05, 0.1) is 16.8 Å². The summed E-state index contributed by atoms with van der Waals surface area (Å²) in [5.41, 5.74) is 1.60. The van der Waals surface area contributed by atoms with Gasteiger partial charge in [0, 0.05) is 25.3 Å². The summed E-state index contributed by atoms with van der Waals surface area (Å²) in [4.78, 5) is 13.0. The third-order valence-electron chi connectivity index (χ3n) is 3.25. The van der Waals surface area contributed by atoms with E-state index in [1.54, 1.807) is 12.1 Å². The Kier molecular flexibility index (Phi) is 4.61. The number of ether oxygens (including phenoxy) is 1. The van der Waals surface area contributed by atoms with Crippen molar-refractivity contribution in [2.24, 2.45) is 0 Å². The number of hydrogen-bond donors (Lipinski definition) is 0. The van der Waals surface area contributed by atoms with Crippen molar-refractivity contribution in [1.29, 1.82) is 0 Å². The number of carbonyl (C=O) groups is 1. The molecule has 3 nitrogen and oxygen atoms in total. The zero-order chi connectivity index (χ0) is 13.0. The maximum atomic E-state index is 10.7. The monoisotopic (exact) mass is 267 g/mol. The Balaban J connectivity index is 2.21. The fourth-order valence-electron chi connectivity index (χ4n) is 2.21. The van der Waals surface area contributed by atoms with Gasteiger partial charge in [0.15, 0.2) is 0 Å². The molecule has 1 fully saturated rings. The van der Waals surface area contributed by atoms with Gasteiger partial charge in [0.2, 0.25) is 0 Å². The highest BCUT2D eigenvalue weighted by Crippen LogP contribution is 2.28. The van der Waals surface area contributed by atoms with Crippen molar-refractivity contribution in [1.82, 2.24) is 0 Å². The SMILES string of the molecule is CCC1CN(c2ccc(C=O)cc2Cl)CCCO1. The van der Waals surface area contributed by atoms with E-state index in [2.05, 4.69) is 11.8 Å². The van der Waals surface area contributed by atoms with Crippen LogP contribution in [0.5, 0.6) is 0 Å². The van der Waals surface area contributed by atoms with Crippen molar-refractivity contribution >= 4 is 23.6 Å². The van der Waals surface area contributed by atoms with Crippen LogP contribution in [0.25, 0.3) is 0 Å². The van der Waals surface area contributed by atoms with Crippen molar-refractivity contribution in [3.63, 3.8) is 0 Å².